The van der Waals surface area contributed by atoms with Gasteiger partial charge in [0.2, 0.25) is 11.9 Å². The summed E-state index contributed by atoms with van der Waals surface area (Å²) in [5.41, 5.74) is 0.000216. The van der Waals surface area contributed by atoms with E-state index in [-0.39, 0.29) is 5.91 Å². The van der Waals surface area contributed by atoms with Crippen LogP contribution in [-0.4, -0.2) is 15.5 Å². The molecule has 0 radical (unpaired) electrons. The molecule has 0 spiro atoms. The molecule has 0 saturated heterocycles. The first kappa shape index (κ1) is 15.3. The molecule has 5 nitrogen and oxygen atoms in total. The van der Waals surface area contributed by atoms with Crippen molar-refractivity contribution in [1.82, 2.24) is 9.55 Å². The van der Waals surface area contributed by atoms with Gasteiger partial charge in [-0.15, -0.1) is 0 Å². The second-order valence-electron chi connectivity index (χ2n) is 5.20. The Morgan fingerprint density at radius 1 is 1.43 bits per heavy atom. The molecule has 1 N–H and O–H groups in total. The van der Waals surface area contributed by atoms with Crippen molar-refractivity contribution in [3.63, 3.8) is 0 Å². The van der Waals surface area contributed by atoms with Crippen molar-refractivity contribution in [3.8, 4) is 6.07 Å². The van der Waals surface area contributed by atoms with Crippen molar-refractivity contribution < 1.29 is 4.79 Å². The van der Waals surface area contributed by atoms with Crippen LogP contribution < -0.4 is 5.32 Å². The highest BCUT2D eigenvalue weighted by atomic mass is 79.9. The maximum atomic E-state index is 12.0. The minimum atomic E-state index is -1.09. The summed E-state index contributed by atoms with van der Waals surface area (Å²) in [4.78, 5) is 16.1. The zero-order chi connectivity index (χ0) is 15.5. The quantitative estimate of drug-likeness (QED) is 0.923. The molecule has 1 heterocycles. The summed E-state index contributed by atoms with van der Waals surface area (Å²) in [6.07, 6.45) is 3.41. The second kappa shape index (κ2) is 6.10. The van der Waals surface area contributed by atoms with Gasteiger partial charge in [-0.1, -0.05) is 28.1 Å². The SMILES string of the molecule is CC(C)(C#N)C(=O)Nc1nccn1Cc1ccc(Br)cc1. The summed E-state index contributed by atoms with van der Waals surface area (Å²) in [5.74, 6) is 0.0690. The van der Waals surface area contributed by atoms with E-state index in [0.717, 1.165) is 10.0 Å². The van der Waals surface area contributed by atoms with E-state index in [4.69, 9.17) is 5.26 Å². The molecule has 108 valence electrons. The van der Waals surface area contributed by atoms with Crippen LogP contribution in [0.25, 0.3) is 0 Å². The van der Waals surface area contributed by atoms with Gasteiger partial charge in [0, 0.05) is 16.9 Å². The molecule has 1 amide bonds. The average molecular weight is 347 g/mol. The first-order chi connectivity index (χ1) is 9.92. The number of rotatable bonds is 4. The third kappa shape index (κ3) is 3.70. The normalized spacial score (nSPS) is 11.0. The molecule has 21 heavy (non-hydrogen) atoms. The Bertz CT molecular complexity index is 682. The number of benzene rings is 1. The summed E-state index contributed by atoms with van der Waals surface area (Å²) in [6, 6.07) is 9.89. The zero-order valence-corrected chi connectivity index (χ0v) is 13.4. The van der Waals surface area contributed by atoms with Crippen LogP contribution in [0.4, 0.5) is 5.95 Å². The number of nitrogens with zero attached hydrogens (tertiary/aromatic N) is 3. The topological polar surface area (TPSA) is 70.7 Å². The number of nitriles is 1. The van der Waals surface area contributed by atoms with Gasteiger partial charge in [0.15, 0.2) is 0 Å². The van der Waals surface area contributed by atoms with Crippen LogP contribution >= 0.6 is 15.9 Å². The molecule has 0 aliphatic carbocycles. The molecule has 1 aromatic carbocycles. The number of imidazole rings is 1. The molecule has 0 saturated carbocycles. The summed E-state index contributed by atoms with van der Waals surface area (Å²) in [5, 5.41) is 11.7. The molecular formula is C15H15BrN4O. The van der Waals surface area contributed by atoms with E-state index in [0.29, 0.717) is 12.5 Å². The van der Waals surface area contributed by atoms with Gasteiger partial charge in [-0.2, -0.15) is 5.26 Å². The Balaban J connectivity index is 2.14. The molecule has 1 aromatic heterocycles. The van der Waals surface area contributed by atoms with E-state index in [1.807, 2.05) is 34.9 Å². The van der Waals surface area contributed by atoms with Gasteiger partial charge in [0.05, 0.1) is 12.6 Å². The fourth-order valence-corrected chi connectivity index (χ4v) is 1.92. The molecule has 2 aromatic rings. The lowest BCUT2D eigenvalue weighted by Gasteiger charge is -2.15. The second-order valence-corrected chi connectivity index (χ2v) is 6.11. The number of halogens is 1. The minimum absolute atomic E-state index is 0.367. The Hall–Kier alpha value is -2.13. The van der Waals surface area contributed by atoms with Crippen LogP contribution in [0.5, 0.6) is 0 Å². The van der Waals surface area contributed by atoms with Crippen molar-refractivity contribution in [1.29, 1.82) is 5.26 Å². The van der Waals surface area contributed by atoms with E-state index >= 15 is 0 Å². The van der Waals surface area contributed by atoms with Gasteiger partial charge in [-0.3, -0.25) is 10.1 Å². The fraction of sp³-hybridized carbons (Fsp3) is 0.267. The molecule has 0 unspecified atom stereocenters. The lowest BCUT2D eigenvalue weighted by Crippen LogP contribution is -2.30. The van der Waals surface area contributed by atoms with Crippen LogP contribution in [0.15, 0.2) is 41.1 Å². The smallest absolute Gasteiger partial charge is 0.246 e. The Morgan fingerprint density at radius 2 is 2.10 bits per heavy atom. The van der Waals surface area contributed by atoms with E-state index in [9.17, 15) is 4.79 Å². The molecular weight excluding hydrogens is 332 g/mol. The van der Waals surface area contributed by atoms with Crippen LogP contribution in [0.2, 0.25) is 0 Å². The van der Waals surface area contributed by atoms with Gasteiger partial charge in [-0.25, -0.2) is 4.98 Å². The lowest BCUT2D eigenvalue weighted by molar-refractivity contribution is -0.121. The molecule has 0 aliphatic rings. The lowest BCUT2D eigenvalue weighted by atomic mass is 9.95. The van der Waals surface area contributed by atoms with Crippen LogP contribution in [0, 0.1) is 16.7 Å². The molecule has 0 atom stereocenters. The van der Waals surface area contributed by atoms with Crippen molar-refractivity contribution in [2.45, 2.75) is 20.4 Å². The number of anilines is 1. The summed E-state index contributed by atoms with van der Waals surface area (Å²) >= 11 is 3.39. The molecule has 0 bridgehead atoms. The first-order valence-corrected chi connectivity index (χ1v) is 7.20. The third-order valence-electron chi connectivity index (χ3n) is 3.05. The number of carbonyl (C=O) groups excluding carboxylic acids is 1. The van der Waals surface area contributed by atoms with Crippen molar-refractivity contribution >= 4 is 27.8 Å². The van der Waals surface area contributed by atoms with Crippen molar-refractivity contribution in [2.75, 3.05) is 5.32 Å². The van der Waals surface area contributed by atoms with Gasteiger partial charge in [0.1, 0.15) is 5.41 Å². The number of hydrogen-bond donors (Lipinski definition) is 1. The highest BCUT2D eigenvalue weighted by Crippen LogP contribution is 2.18. The maximum absolute atomic E-state index is 12.0. The van der Waals surface area contributed by atoms with Gasteiger partial charge in [-0.05, 0) is 31.5 Å². The van der Waals surface area contributed by atoms with E-state index in [1.165, 1.54) is 0 Å². The third-order valence-corrected chi connectivity index (χ3v) is 3.58. The zero-order valence-electron chi connectivity index (χ0n) is 11.8. The van der Waals surface area contributed by atoms with Crippen LogP contribution in [-0.2, 0) is 11.3 Å². The van der Waals surface area contributed by atoms with E-state index in [1.54, 1.807) is 26.2 Å². The number of hydrogen-bond acceptors (Lipinski definition) is 3. The van der Waals surface area contributed by atoms with Gasteiger partial charge < -0.3 is 4.57 Å². The summed E-state index contributed by atoms with van der Waals surface area (Å²) < 4.78 is 2.84. The molecule has 6 heteroatoms. The average Bonchev–Trinajstić information content (AvgIpc) is 2.88. The van der Waals surface area contributed by atoms with Crippen LogP contribution in [0.3, 0.4) is 0 Å². The Morgan fingerprint density at radius 3 is 2.71 bits per heavy atom. The Labute approximate surface area is 131 Å². The fourth-order valence-electron chi connectivity index (χ4n) is 1.66. The number of nitrogens with one attached hydrogen (secondary N) is 1. The first-order valence-electron chi connectivity index (χ1n) is 6.40. The maximum Gasteiger partial charge on any atom is 0.246 e. The molecule has 2 rings (SSSR count). The number of amides is 1. The summed E-state index contributed by atoms with van der Waals surface area (Å²) in [6.45, 7) is 3.74. The predicted molar refractivity (Wildman–Crippen MR) is 83.5 cm³/mol. The highest BCUT2D eigenvalue weighted by molar-refractivity contribution is 9.10. The van der Waals surface area contributed by atoms with Crippen molar-refractivity contribution in [3.05, 3.63) is 46.7 Å². The molecule has 0 fully saturated rings. The number of aromatic nitrogens is 2. The Kier molecular flexibility index (Phi) is 4.43. The largest absolute Gasteiger partial charge is 0.313 e. The van der Waals surface area contributed by atoms with Crippen molar-refractivity contribution in [2.24, 2.45) is 5.41 Å². The predicted octanol–water partition coefficient (Wildman–Crippen LogP) is 3.18. The number of carbonyl (C=O) groups is 1. The van der Waals surface area contributed by atoms with Crippen LogP contribution in [0.1, 0.15) is 19.4 Å². The highest BCUT2D eigenvalue weighted by Gasteiger charge is 2.28. The summed E-state index contributed by atoms with van der Waals surface area (Å²) in [7, 11) is 0. The van der Waals surface area contributed by atoms with Gasteiger partial charge in [0.25, 0.3) is 0 Å². The minimum Gasteiger partial charge on any atom is -0.313 e. The van der Waals surface area contributed by atoms with E-state index < -0.39 is 5.41 Å². The monoisotopic (exact) mass is 346 g/mol. The van der Waals surface area contributed by atoms with E-state index in [2.05, 4.69) is 26.2 Å². The molecule has 0 aliphatic heterocycles. The van der Waals surface area contributed by atoms with Gasteiger partial charge >= 0.3 is 0 Å². The standard InChI is InChI=1S/C15H15BrN4O/c1-15(2,10-17)13(21)19-14-18-7-8-20(14)9-11-3-5-12(16)6-4-11/h3-8H,9H2,1-2H3,(H,18,19,21).